The molecule has 0 spiro atoms. The van der Waals surface area contributed by atoms with Gasteiger partial charge in [0.25, 0.3) is 0 Å². The van der Waals surface area contributed by atoms with E-state index in [0.29, 0.717) is 12.3 Å². The van der Waals surface area contributed by atoms with Gasteiger partial charge in [-0.3, -0.25) is 0 Å². The number of thiazole rings is 1. The molecule has 0 atom stereocenters. The van der Waals surface area contributed by atoms with Crippen LogP contribution in [0.2, 0.25) is 0 Å². The minimum Gasteiger partial charge on any atom is -0.449 e. The smallest absolute Gasteiger partial charge is 0.203 e. The standard InChI is InChI=1S/C14H11N3OS/c1-9-17-13-5-2-10(6-14(13)19-9)16-8-12-4-3-11(7-15)18-12/h2-6,16H,8H2,1H3. The van der Waals surface area contributed by atoms with Crippen molar-refractivity contribution in [3.8, 4) is 6.07 Å². The molecule has 0 radical (unpaired) electrons. The van der Waals surface area contributed by atoms with Gasteiger partial charge in [0.05, 0.1) is 21.8 Å². The second-order valence-corrected chi connectivity index (χ2v) is 5.38. The van der Waals surface area contributed by atoms with Crippen molar-refractivity contribution in [2.24, 2.45) is 0 Å². The van der Waals surface area contributed by atoms with E-state index in [1.807, 2.05) is 25.1 Å². The first-order valence-corrected chi connectivity index (χ1v) is 6.66. The SMILES string of the molecule is Cc1nc2ccc(NCc3ccc(C#N)o3)cc2s1. The molecule has 0 aliphatic heterocycles. The summed E-state index contributed by atoms with van der Waals surface area (Å²) in [6, 6.07) is 11.5. The molecule has 0 bridgehead atoms. The van der Waals surface area contributed by atoms with E-state index in [1.165, 1.54) is 4.70 Å². The van der Waals surface area contributed by atoms with Gasteiger partial charge in [-0.1, -0.05) is 0 Å². The number of nitrogens with one attached hydrogen (secondary N) is 1. The molecule has 0 saturated carbocycles. The van der Waals surface area contributed by atoms with Crippen LogP contribution in [0.1, 0.15) is 16.5 Å². The Labute approximate surface area is 114 Å². The van der Waals surface area contributed by atoms with Gasteiger partial charge in [-0.05, 0) is 37.3 Å². The first-order valence-electron chi connectivity index (χ1n) is 5.84. The molecule has 0 aliphatic carbocycles. The van der Waals surface area contributed by atoms with Crippen LogP contribution in [-0.2, 0) is 6.54 Å². The van der Waals surface area contributed by atoms with E-state index in [9.17, 15) is 0 Å². The van der Waals surface area contributed by atoms with E-state index in [2.05, 4.69) is 16.4 Å². The molecule has 2 aromatic heterocycles. The largest absolute Gasteiger partial charge is 0.449 e. The van der Waals surface area contributed by atoms with Gasteiger partial charge in [-0.25, -0.2) is 4.98 Å². The maximum absolute atomic E-state index is 8.69. The summed E-state index contributed by atoms with van der Waals surface area (Å²) in [5.41, 5.74) is 2.05. The summed E-state index contributed by atoms with van der Waals surface area (Å²) < 4.78 is 6.48. The highest BCUT2D eigenvalue weighted by molar-refractivity contribution is 7.18. The van der Waals surface area contributed by atoms with Crippen molar-refractivity contribution in [1.29, 1.82) is 5.26 Å². The summed E-state index contributed by atoms with van der Waals surface area (Å²) in [5, 5.41) is 13.0. The van der Waals surface area contributed by atoms with Crippen molar-refractivity contribution in [2.75, 3.05) is 5.32 Å². The van der Waals surface area contributed by atoms with Crippen LogP contribution in [0, 0.1) is 18.3 Å². The third kappa shape index (κ3) is 2.44. The average Bonchev–Trinajstić information content (AvgIpc) is 3.00. The fourth-order valence-corrected chi connectivity index (χ4v) is 2.74. The Balaban J connectivity index is 1.76. The maximum Gasteiger partial charge on any atom is 0.203 e. The van der Waals surface area contributed by atoms with Crippen molar-refractivity contribution >= 4 is 27.2 Å². The topological polar surface area (TPSA) is 61.9 Å². The van der Waals surface area contributed by atoms with Crippen LogP contribution in [0.4, 0.5) is 5.69 Å². The molecule has 94 valence electrons. The fraction of sp³-hybridized carbons (Fsp3) is 0.143. The zero-order valence-corrected chi connectivity index (χ0v) is 11.1. The Morgan fingerprint density at radius 2 is 2.26 bits per heavy atom. The molecule has 1 aromatic carbocycles. The zero-order valence-electron chi connectivity index (χ0n) is 10.3. The van der Waals surface area contributed by atoms with Gasteiger partial charge < -0.3 is 9.73 Å². The van der Waals surface area contributed by atoms with Crippen LogP contribution < -0.4 is 5.32 Å². The number of nitrogens with zero attached hydrogens (tertiary/aromatic N) is 2. The number of nitriles is 1. The molecule has 0 saturated heterocycles. The fourth-order valence-electron chi connectivity index (χ4n) is 1.87. The van der Waals surface area contributed by atoms with Gasteiger partial charge in [-0.2, -0.15) is 5.26 Å². The second kappa shape index (κ2) is 4.75. The molecular formula is C14H11N3OS. The number of rotatable bonds is 3. The van der Waals surface area contributed by atoms with Gasteiger partial charge in [0.2, 0.25) is 5.76 Å². The minimum absolute atomic E-state index is 0.338. The number of aromatic nitrogens is 1. The summed E-state index contributed by atoms with van der Waals surface area (Å²) in [6.07, 6.45) is 0. The molecule has 4 nitrogen and oxygen atoms in total. The molecule has 1 N–H and O–H groups in total. The Kier molecular flexibility index (Phi) is 2.94. The maximum atomic E-state index is 8.69. The highest BCUT2D eigenvalue weighted by Crippen LogP contribution is 2.25. The van der Waals surface area contributed by atoms with Gasteiger partial charge in [0.1, 0.15) is 11.8 Å². The summed E-state index contributed by atoms with van der Waals surface area (Å²) in [7, 11) is 0. The van der Waals surface area contributed by atoms with Crippen molar-refractivity contribution in [3.05, 3.63) is 46.9 Å². The Morgan fingerprint density at radius 1 is 1.37 bits per heavy atom. The summed E-state index contributed by atoms with van der Waals surface area (Å²) in [5.74, 6) is 1.09. The predicted octanol–water partition coefficient (Wildman–Crippen LogP) is 3.68. The predicted molar refractivity (Wildman–Crippen MR) is 75.1 cm³/mol. The van der Waals surface area contributed by atoms with E-state index < -0.39 is 0 Å². The quantitative estimate of drug-likeness (QED) is 0.787. The van der Waals surface area contributed by atoms with Crippen LogP contribution in [0.5, 0.6) is 0 Å². The molecule has 3 aromatic rings. The third-order valence-electron chi connectivity index (χ3n) is 2.73. The van der Waals surface area contributed by atoms with Crippen molar-refractivity contribution in [2.45, 2.75) is 13.5 Å². The summed E-state index contributed by atoms with van der Waals surface area (Å²) in [6.45, 7) is 2.56. The van der Waals surface area contributed by atoms with E-state index in [4.69, 9.17) is 9.68 Å². The van der Waals surface area contributed by atoms with Crippen LogP contribution in [-0.4, -0.2) is 4.98 Å². The molecule has 3 rings (SSSR count). The molecule has 0 fully saturated rings. The van der Waals surface area contributed by atoms with Crippen molar-refractivity contribution in [1.82, 2.24) is 4.98 Å². The first-order chi connectivity index (χ1) is 9.24. The molecule has 0 aliphatic rings. The van der Waals surface area contributed by atoms with Crippen LogP contribution >= 0.6 is 11.3 Å². The minimum atomic E-state index is 0.338. The lowest BCUT2D eigenvalue weighted by Gasteiger charge is -2.03. The van der Waals surface area contributed by atoms with Gasteiger partial charge >= 0.3 is 0 Å². The molecule has 0 amide bonds. The molecular weight excluding hydrogens is 258 g/mol. The number of hydrogen-bond donors (Lipinski definition) is 1. The average molecular weight is 269 g/mol. The van der Waals surface area contributed by atoms with E-state index in [1.54, 1.807) is 23.5 Å². The Hall–Kier alpha value is -2.32. The lowest BCUT2D eigenvalue weighted by molar-refractivity contribution is 0.506. The van der Waals surface area contributed by atoms with Crippen molar-refractivity contribution < 1.29 is 4.42 Å². The van der Waals surface area contributed by atoms with E-state index in [0.717, 1.165) is 22.0 Å². The Morgan fingerprint density at radius 3 is 3.05 bits per heavy atom. The van der Waals surface area contributed by atoms with E-state index in [-0.39, 0.29) is 0 Å². The monoisotopic (exact) mass is 269 g/mol. The van der Waals surface area contributed by atoms with E-state index >= 15 is 0 Å². The number of furan rings is 1. The first kappa shape index (κ1) is 11.8. The van der Waals surface area contributed by atoms with Gasteiger partial charge in [-0.15, -0.1) is 11.3 Å². The molecule has 0 unspecified atom stereocenters. The lowest BCUT2D eigenvalue weighted by Crippen LogP contribution is -1.97. The molecule has 5 heteroatoms. The summed E-state index contributed by atoms with van der Waals surface area (Å²) >= 11 is 1.68. The lowest BCUT2D eigenvalue weighted by atomic mass is 10.3. The Bertz CT molecular complexity index is 766. The van der Waals surface area contributed by atoms with Crippen molar-refractivity contribution in [3.63, 3.8) is 0 Å². The number of fused-ring (bicyclic) bond motifs is 1. The van der Waals surface area contributed by atoms with Crippen LogP contribution in [0.15, 0.2) is 34.7 Å². The number of hydrogen-bond acceptors (Lipinski definition) is 5. The van der Waals surface area contributed by atoms with Gasteiger partial charge in [0, 0.05) is 5.69 Å². The second-order valence-electron chi connectivity index (χ2n) is 4.15. The number of benzene rings is 1. The van der Waals surface area contributed by atoms with Crippen LogP contribution in [0.25, 0.3) is 10.2 Å². The number of aryl methyl sites for hydroxylation is 1. The zero-order chi connectivity index (χ0) is 13.2. The third-order valence-corrected chi connectivity index (χ3v) is 3.67. The van der Waals surface area contributed by atoms with Gasteiger partial charge in [0.15, 0.2) is 0 Å². The number of anilines is 1. The normalized spacial score (nSPS) is 10.5. The molecule has 19 heavy (non-hydrogen) atoms. The molecule has 2 heterocycles. The highest BCUT2D eigenvalue weighted by Gasteiger charge is 2.03. The van der Waals surface area contributed by atoms with Crippen LogP contribution in [0.3, 0.4) is 0 Å². The highest BCUT2D eigenvalue weighted by atomic mass is 32.1. The summed E-state index contributed by atoms with van der Waals surface area (Å²) in [4.78, 5) is 4.42.